The van der Waals surface area contributed by atoms with Gasteiger partial charge in [-0.2, -0.15) is 0 Å². The van der Waals surface area contributed by atoms with Crippen LogP contribution in [0.25, 0.3) is 0 Å². The maximum atomic E-state index is 11.6. The van der Waals surface area contributed by atoms with E-state index >= 15 is 0 Å². The SMILES string of the molecule is CC(=O)OC1=C(C)OC(C)(C(=O)O)C1=O. The largest absolute Gasteiger partial charge is 0.478 e. The lowest BCUT2D eigenvalue weighted by Gasteiger charge is -2.16. The molecule has 0 saturated heterocycles. The van der Waals surface area contributed by atoms with Crippen LogP contribution >= 0.6 is 0 Å². The Bertz CT molecular complexity index is 380. The number of rotatable bonds is 2. The predicted octanol–water partition coefficient (Wildman–Crippen LogP) is 0.224. The van der Waals surface area contributed by atoms with E-state index in [1.54, 1.807) is 0 Å². The van der Waals surface area contributed by atoms with E-state index in [2.05, 4.69) is 4.74 Å². The fraction of sp³-hybridized carbons (Fsp3) is 0.444. The molecule has 1 heterocycles. The molecule has 0 spiro atoms. The van der Waals surface area contributed by atoms with Gasteiger partial charge in [0, 0.05) is 6.92 Å². The maximum Gasteiger partial charge on any atom is 0.356 e. The molecule has 0 saturated carbocycles. The van der Waals surface area contributed by atoms with Gasteiger partial charge in [0.25, 0.3) is 11.4 Å². The van der Waals surface area contributed by atoms with Gasteiger partial charge in [-0.3, -0.25) is 9.59 Å². The highest BCUT2D eigenvalue weighted by Crippen LogP contribution is 2.31. The molecule has 6 nitrogen and oxygen atoms in total. The molecular formula is C9H10O6. The Morgan fingerprint density at radius 3 is 2.33 bits per heavy atom. The molecule has 1 unspecified atom stereocenters. The Kier molecular flexibility index (Phi) is 2.53. The third kappa shape index (κ3) is 1.70. The number of allylic oxidation sites excluding steroid dienone is 1. The second kappa shape index (κ2) is 3.38. The third-order valence-electron chi connectivity index (χ3n) is 1.97. The summed E-state index contributed by atoms with van der Waals surface area (Å²) < 4.78 is 9.47. The molecule has 82 valence electrons. The van der Waals surface area contributed by atoms with Gasteiger partial charge in [-0.1, -0.05) is 0 Å². The lowest BCUT2D eigenvalue weighted by Crippen LogP contribution is -2.42. The van der Waals surface area contributed by atoms with Gasteiger partial charge in [0.15, 0.2) is 0 Å². The van der Waals surface area contributed by atoms with Gasteiger partial charge in [-0.05, 0) is 13.8 Å². The van der Waals surface area contributed by atoms with Crippen LogP contribution in [0.2, 0.25) is 0 Å². The zero-order valence-electron chi connectivity index (χ0n) is 8.49. The van der Waals surface area contributed by atoms with Gasteiger partial charge >= 0.3 is 11.9 Å². The van der Waals surface area contributed by atoms with Crippen molar-refractivity contribution < 1.29 is 29.0 Å². The van der Waals surface area contributed by atoms with Crippen LogP contribution in [0.4, 0.5) is 0 Å². The maximum absolute atomic E-state index is 11.6. The van der Waals surface area contributed by atoms with Gasteiger partial charge in [0.1, 0.15) is 5.76 Å². The fourth-order valence-corrected chi connectivity index (χ4v) is 1.18. The lowest BCUT2D eigenvalue weighted by atomic mass is 10.0. The average Bonchev–Trinajstić information content (AvgIpc) is 2.30. The number of esters is 1. The molecule has 6 heteroatoms. The van der Waals surface area contributed by atoms with Crippen LogP contribution in [0, 0.1) is 0 Å². The van der Waals surface area contributed by atoms with Crippen molar-refractivity contribution in [3.8, 4) is 0 Å². The molecule has 1 aliphatic heterocycles. The zero-order chi connectivity index (χ0) is 11.8. The van der Waals surface area contributed by atoms with Crippen LogP contribution in [-0.2, 0) is 23.9 Å². The highest BCUT2D eigenvalue weighted by Gasteiger charge is 2.52. The highest BCUT2D eigenvalue weighted by atomic mass is 16.6. The lowest BCUT2D eigenvalue weighted by molar-refractivity contribution is -0.161. The number of carbonyl (C=O) groups is 3. The monoisotopic (exact) mass is 214 g/mol. The number of carbonyl (C=O) groups excluding carboxylic acids is 2. The average molecular weight is 214 g/mol. The minimum absolute atomic E-state index is 0.0000926. The molecule has 0 aromatic heterocycles. The second-order valence-corrected chi connectivity index (χ2v) is 3.25. The molecule has 1 atom stereocenters. The van der Waals surface area contributed by atoms with Gasteiger partial charge in [-0.25, -0.2) is 4.79 Å². The first kappa shape index (κ1) is 11.2. The molecule has 1 aliphatic rings. The van der Waals surface area contributed by atoms with Crippen LogP contribution in [0.1, 0.15) is 20.8 Å². The Balaban J connectivity index is 3.03. The quantitative estimate of drug-likeness (QED) is 0.522. The minimum atomic E-state index is -1.99. The van der Waals surface area contributed by atoms with Gasteiger partial charge < -0.3 is 14.6 Å². The summed E-state index contributed by atoms with van der Waals surface area (Å²) in [6, 6.07) is 0. The number of aliphatic carboxylic acids is 1. The van der Waals surface area contributed by atoms with Crippen LogP contribution in [0.15, 0.2) is 11.5 Å². The summed E-state index contributed by atoms with van der Waals surface area (Å²) in [6.45, 7) is 3.59. The predicted molar refractivity (Wildman–Crippen MR) is 46.6 cm³/mol. The molecule has 15 heavy (non-hydrogen) atoms. The van der Waals surface area contributed by atoms with E-state index in [-0.39, 0.29) is 11.5 Å². The van der Waals surface area contributed by atoms with Crippen molar-refractivity contribution in [1.82, 2.24) is 0 Å². The number of ketones is 1. The second-order valence-electron chi connectivity index (χ2n) is 3.25. The molecule has 0 aromatic carbocycles. The molecule has 1 rings (SSSR count). The van der Waals surface area contributed by atoms with E-state index in [9.17, 15) is 14.4 Å². The molecular weight excluding hydrogens is 204 g/mol. The first-order chi connectivity index (χ1) is 6.79. The Morgan fingerprint density at radius 2 is 2.00 bits per heavy atom. The number of ether oxygens (including phenoxy) is 2. The molecule has 0 fully saturated rings. The van der Waals surface area contributed by atoms with Crippen molar-refractivity contribution in [3.05, 3.63) is 11.5 Å². The van der Waals surface area contributed by atoms with Crippen LogP contribution in [0.5, 0.6) is 0 Å². The molecule has 1 N–H and O–H groups in total. The highest BCUT2D eigenvalue weighted by molar-refractivity contribution is 6.15. The van der Waals surface area contributed by atoms with Crippen molar-refractivity contribution in [2.75, 3.05) is 0 Å². The third-order valence-corrected chi connectivity index (χ3v) is 1.97. The molecule has 0 aliphatic carbocycles. The van der Waals surface area contributed by atoms with E-state index in [4.69, 9.17) is 9.84 Å². The minimum Gasteiger partial charge on any atom is -0.478 e. The van der Waals surface area contributed by atoms with Crippen molar-refractivity contribution >= 4 is 17.7 Å². The number of carboxylic acids is 1. The molecule has 0 amide bonds. The molecule has 0 aromatic rings. The summed E-state index contributed by atoms with van der Waals surface area (Å²) in [6.07, 6.45) is 0. The Hall–Kier alpha value is -1.85. The van der Waals surface area contributed by atoms with Crippen molar-refractivity contribution in [2.45, 2.75) is 26.4 Å². The zero-order valence-corrected chi connectivity index (χ0v) is 8.49. The van der Waals surface area contributed by atoms with Gasteiger partial charge in [0.05, 0.1) is 0 Å². The topological polar surface area (TPSA) is 89.9 Å². The first-order valence-corrected chi connectivity index (χ1v) is 4.15. The summed E-state index contributed by atoms with van der Waals surface area (Å²) in [5.74, 6) is -3.32. The van der Waals surface area contributed by atoms with E-state index in [0.717, 1.165) is 13.8 Å². The van der Waals surface area contributed by atoms with Gasteiger partial charge in [0.2, 0.25) is 5.76 Å². The van der Waals surface area contributed by atoms with Crippen molar-refractivity contribution in [1.29, 1.82) is 0 Å². The summed E-state index contributed by atoms with van der Waals surface area (Å²) in [5.41, 5.74) is -1.99. The Labute approximate surface area is 85.5 Å². The molecule has 0 radical (unpaired) electrons. The summed E-state index contributed by atoms with van der Waals surface area (Å²) >= 11 is 0. The normalized spacial score (nSPS) is 25.1. The van der Waals surface area contributed by atoms with Crippen LogP contribution < -0.4 is 0 Å². The van der Waals surface area contributed by atoms with E-state index in [1.807, 2.05) is 0 Å². The van der Waals surface area contributed by atoms with Crippen LogP contribution in [0.3, 0.4) is 0 Å². The van der Waals surface area contributed by atoms with E-state index in [0.29, 0.717) is 0 Å². The van der Waals surface area contributed by atoms with Crippen molar-refractivity contribution in [3.63, 3.8) is 0 Å². The number of hydrogen-bond donors (Lipinski definition) is 1. The van der Waals surface area contributed by atoms with E-state index < -0.39 is 23.3 Å². The Morgan fingerprint density at radius 1 is 1.47 bits per heavy atom. The smallest absolute Gasteiger partial charge is 0.356 e. The number of carboxylic acid groups (broad SMARTS) is 1. The van der Waals surface area contributed by atoms with Crippen LogP contribution in [-0.4, -0.2) is 28.4 Å². The first-order valence-electron chi connectivity index (χ1n) is 4.15. The standard InChI is InChI=1S/C9H10O6/c1-4-6(14-5(2)10)7(11)9(3,15-4)8(12)13/h1-3H3,(H,12,13). The summed E-state index contributed by atoms with van der Waals surface area (Å²) in [4.78, 5) is 33.0. The number of Topliss-reactive ketones (excluding diaryl/α,β-unsaturated/α-hetero) is 1. The fourth-order valence-electron chi connectivity index (χ4n) is 1.18. The van der Waals surface area contributed by atoms with Gasteiger partial charge in [-0.15, -0.1) is 0 Å². The molecule has 0 bridgehead atoms. The summed E-state index contributed by atoms with van der Waals surface area (Å²) in [5, 5.41) is 8.80. The number of hydrogen-bond acceptors (Lipinski definition) is 5. The summed E-state index contributed by atoms with van der Waals surface area (Å²) in [7, 11) is 0. The van der Waals surface area contributed by atoms with E-state index in [1.165, 1.54) is 6.92 Å². The van der Waals surface area contributed by atoms with Crippen molar-refractivity contribution in [2.24, 2.45) is 0 Å².